The molecule has 1 amide bonds. The molecule has 0 spiro atoms. The number of carbonyl (C=O) groups is 1. The topological polar surface area (TPSA) is 71.0 Å². The number of nitrogens with zero attached hydrogens (tertiary/aromatic N) is 5. The van der Waals surface area contributed by atoms with Crippen LogP contribution in [0.1, 0.15) is 18.4 Å². The first kappa shape index (κ1) is 18.7. The monoisotopic (exact) mass is 407 g/mol. The van der Waals surface area contributed by atoms with E-state index in [4.69, 9.17) is 14.5 Å². The summed E-state index contributed by atoms with van der Waals surface area (Å²) in [5.74, 6) is 3.24. The lowest BCUT2D eigenvalue weighted by molar-refractivity contribution is -0.126. The van der Waals surface area contributed by atoms with Crippen molar-refractivity contribution < 1.29 is 14.3 Å². The second-order valence-corrected chi connectivity index (χ2v) is 7.67. The lowest BCUT2D eigenvalue weighted by atomic mass is 10.2. The molecule has 1 aromatic carbocycles. The fourth-order valence-corrected chi connectivity index (χ4v) is 4.03. The number of anilines is 2. The smallest absolute Gasteiger partial charge is 0.246 e. The summed E-state index contributed by atoms with van der Waals surface area (Å²) in [6, 6.07) is 7.62. The predicted octanol–water partition coefficient (Wildman–Crippen LogP) is 2.17. The Hall–Kier alpha value is -3.29. The maximum absolute atomic E-state index is 12.6. The van der Waals surface area contributed by atoms with Gasteiger partial charge in [0.15, 0.2) is 11.5 Å². The Morgan fingerprint density at radius 3 is 2.57 bits per heavy atom. The van der Waals surface area contributed by atoms with Crippen LogP contribution in [0.2, 0.25) is 0 Å². The first-order valence-electron chi connectivity index (χ1n) is 10.5. The molecule has 8 heteroatoms. The van der Waals surface area contributed by atoms with Crippen LogP contribution in [0.5, 0.6) is 11.5 Å². The van der Waals surface area contributed by atoms with Crippen molar-refractivity contribution in [3.63, 3.8) is 0 Å². The quantitative estimate of drug-likeness (QED) is 0.720. The molecule has 30 heavy (non-hydrogen) atoms. The Balaban J connectivity index is 1.18. The van der Waals surface area contributed by atoms with Gasteiger partial charge in [-0.05, 0) is 42.7 Å². The second-order valence-electron chi connectivity index (χ2n) is 7.67. The first-order chi connectivity index (χ1) is 14.8. The number of rotatable bonds is 4. The zero-order chi connectivity index (χ0) is 20.3. The molecular weight excluding hydrogens is 382 g/mol. The number of fused-ring (bicyclic) bond motifs is 1. The van der Waals surface area contributed by atoms with Crippen molar-refractivity contribution in [3.05, 3.63) is 42.1 Å². The zero-order valence-electron chi connectivity index (χ0n) is 16.9. The van der Waals surface area contributed by atoms with Gasteiger partial charge in [-0.15, -0.1) is 0 Å². The van der Waals surface area contributed by atoms with Gasteiger partial charge in [0.05, 0.1) is 0 Å². The minimum Gasteiger partial charge on any atom is -0.454 e. The van der Waals surface area contributed by atoms with Gasteiger partial charge in [0, 0.05) is 51.5 Å². The third kappa shape index (κ3) is 3.90. The average Bonchev–Trinajstić information content (AvgIpc) is 3.49. The Morgan fingerprint density at radius 2 is 1.73 bits per heavy atom. The average molecular weight is 407 g/mol. The second kappa shape index (κ2) is 8.22. The molecule has 0 saturated carbocycles. The highest BCUT2D eigenvalue weighted by molar-refractivity contribution is 5.92. The van der Waals surface area contributed by atoms with E-state index in [0.717, 1.165) is 55.0 Å². The molecule has 2 saturated heterocycles. The molecule has 2 fully saturated rings. The largest absolute Gasteiger partial charge is 0.454 e. The number of carbonyl (C=O) groups excluding carboxylic acids is 1. The van der Waals surface area contributed by atoms with Gasteiger partial charge in [-0.3, -0.25) is 4.79 Å². The highest BCUT2D eigenvalue weighted by Crippen LogP contribution is 2.32. The molecule has 3 aliphatic heterocycles. The zero-order valence-corrected chi connectivity index (χ0v) is 16.9. The van der Waals surface area contributed by atoms with Gasteiger partial charge in [-0.1, -0.05) is 6.07 Å². The van der Waals surface area contributed by atoms with E-state index in [1.807, 2.05) is 41.4 Å². The molecule has 0 bridgehead atoms. The number of hydrogen-bond acceptors (Lipinski definition) is 7. The van der Waals surface area contributed by atoms with Crippen LogP contribution in [-0.4, -0.2) is 66.8 Å². The standard InChI is InChI=1S/C22H25N5O3/c28-21(6-4-17-3-5-18-19(15-17)30-16-29-18)26-13-11-25(12-14-26)20-7-8-23-22(24-20)27-9-1-2-10-27/h3-8,15H,1-2,9-14,16H2/b6-4+. The summed E-state index contributed by atoms with van der Waals surface area (Å²) in [6.07, 6.45) is 7.69. The summed E-state index contributed by atoms with van der Waals surface area (Å²) in [5.41, 5.74) is 0.918. The lowest BCUT2D eigenvalue weighted by Gasteiger charge is -2.35. The maximum atomic E-state index is 12.6. The van der Waals surface area contributed by atoms with Gasteiger partial charge in [0.1, 0.15) is 5.82 Å². The number of hydrogen-bond donors (Lipinski definition) is 0. The molecule has 0 aliphatic carbocycles. The SMILES string of the molecule is O=C(/C=C/c1ccc2c(c1)OCO2)N1CCN(c2ccnc(N3CCCC3)n2)CC1. The van der Waals surface area contributed by atoms with Crippen LogP contribution >= 0.6 is 0 Å². The molecule has 1 aromatic heterocycles. The van der Waals surface area contributed by atoms with Gasteiger partial charge in [0.25, 0.3) is 0 Å². The molecule has 5 rings (SSSR count). The van der Waals surface area contributed by atoms with E-state index in [1.54, 1.807) is 6.08 Å². The van der Waals surface area contributed by atoms with Crippen molar-refractivity contribution in [1.82, 2.24) is 14.9 Å². The maximum Gasteiger partial charge on any atom is 0.246 e. The molecule has 156 valence electrons. The third-order valence-corrected chi connectivity index (χ3v) is 5.75. The summed E-state index contributed by atoms with van der Waals surface area (Å²) >= 11 is 0. The number of piperazine rings is 1. The molecule has 4 heterocycles. The molecule has 8 nitrogen and oxygen atoms in total. The van der Waals surface area contributed by atoms with Crippen LogP contribution in [-0.2, 0) is 4.79 Å². The third-order valence-electron chi connectivity index (χ3n) is 5.75. The summed E-state index contributed by atoms with van der Waals surface area (Å²) < 4.78 is 10.7. The van der Waals surface area contributed by atoms with Gasteiger partial charge in [-0.25, -0.2) is 4.98 Å². The molecule has 0 radical (unpaired) electrons. The molecule has 0 atom stereocenters. The van der Waals surface area contributed by atoms with E-state index in [9.17, 15) is 4.79 Å². The van der Waals surface area contributed by atoms with Gasteiger partial charge in [-0.2, -0.15) is 4.98 Å². The van der Waals surface area contributed by atoms with Crippen LogP contribution in [0.3, 0.4) is 0 Å². The minimum absolute atomic E-state index is 0.0211. The summed E-state index contributed by atoms with van der Waals surface area (Å²) in [5, 5.41) is 0. The van der Waals surface area contributed by atoms with E-state index < -0.39 is 0 Å². The fourth-order valence-electron chi connectivity index (χ4n) is 4.03. The number of ether oxygens (including phenoxy) is 2. The van der Waals surface area contributed by atoms with Crippen LogP contribution in [0.4, 0.5) is 11.8 Å². The molecule has 0 N–H and O–H groups in total. The number of aromatic nitrogens is 2. The Labute approximate surface area is 175 Å². The van der Waals surface area contributed by atoms with E-state index in [-0.39, 0.29) is 12.7 Å². The highest BCUT2D eigenvalue weighted by Gasteiger charge is 2.22. The van der Waals surface area contributed by atoms with Crippen molar-refractivity contribution in [2.45, 2.75) is 12.8 Å². The van der Waals surface area contributed by atoms with Crippen LogP contribution < -0.4 is 19.3 Å². The van der Waals surface area contributed by atoms with Crippen molar-refractivity contribution >= 4 is 23.7 Å². The first-order valence-corrected chi connectivity index (χ1v) is 10.5. The van der Waals surface area contributed by atoms with Gasteiger partial charge < -0.3 is 24.2 Å². The predicted molar refractivity (Wildman–Crippen MR) is 114 cm³/mol. The van der Waals surface area contributed by atoms with Gasteiger partial charge >= 0.3 is 0 Å². The number of benzene rings is 1. The van der Waals surface area contributed by atoms with Crippen molar-refractivity contribution in [1.29, 1.82) is 0 Å². The Kier molecular flexibility index (Phi) is 5.13. The lowest BCUT2D eigenvalue weighted by Crippen LogP contribution is -2.48. The van der Waals surface area contributed by atoms with E-state index in [1.165, 1.54) is 12.8 Å². The summed E-state index contributed by atoms with van der Waals surface area (Å²) in [4.78, 5) is 28.1. The van der Waals surface area contributed by atoms with Crippen molar-refractivity contribution in [2.75, 3.05) is 55.9 Å². The van der Waals surface area contributed by atoms with E-state index in [2.05, 4.69) is 14.8 Å². The Morgan fingerprint density at radius 1 is 0.933 bits per heavy atom. The van der Waals surface area contributed by atoms with Crippen molar-refractivity contribution in [3.8, 4) is 11.5 Å². The Bertz CT molecular complexity index is 950. The molecule has 2 aromatic rings. The normalized spacial score (nSPS) is 18.5. The minimum atomic E-state index is 0.0211. The summed E-state index contributed by atoms with van der Waals surface area (Å²) in [6.45, 7) is 5.18. The van der Waals surface area contributed by atoms with Crippen molar-refractivity contribution in [2.24, 2.45) is 0 Å². The van der Waals surface area contributed by atoms with Crippen LogP contribution in [0, 0.1) is 0 Å². The molecular formula is C22H25N5O3. The fraction of sp³-hybridized carbons (Fsp3) is 0.409. The summed E-state index contributed by atoms with van der Waals surface area (Å²) in [7, 11) is 0. The highest BCUT2D eigenvalue weighted by atomic mass is 16.7. The van der Waals surface area contributed by atoms with Gasteiger partial charge in [0.2, 0.25) is 18.6 Å². The number of amides is 1. The molecule has 0 unspecified atom stereocenters. The van der Waals surface area contributed by atoms with E-state index in [0.29, 0.717) is 13.1 Å². The van der Waals surface area contributed by atoms with Crippen LogP contribution in [0.25, 0.3) is 6.08 Å². The molecule has 3 aliphatic rings. The van der Waals surface area contributed by atoms with E-state index >= 15 is 0 Å². The van der Waals surface area contributed by atoms with Crippen LogP contribution in [0.15, 0.2) is 36.5 Å².